The number of rotatable bonds is 4. The number of hydrogen-bond acceptors (Lipinski definition) is 3. The van der Waals surface area contributed by atoms with Crippen LogP contribution in [-0.2, 0) is 6.54 Å². The van der Waals surface area contributed by atoms with E-state index in [1.165, 1.54) is 17.4 Å². The van der Waals surface area contributed by atoms with Gasteiger partial charge in [-0.1, -0.05) is 32.4 Å². The molecule has 2 unspecified atom stereocenters. The van der Waals surface area contributed by atoms with Crippen molar-refractivity contribution in [1.29, 1.82) is 0 Å². The quantitative estimate of drug-likeness (QED) is 0.935. The van der Waals surface area contributed by atoms with Crippen LogP contribution in [0.2, 0.25) is 0 Å². The second-order valence-electron chi connectivity index (χ2n) is 6.21. The molecule has 0 spiro atoms. The summed E-state index contributed by atoms with van der Waals surface area (Å²) in [7, 11) is 0. The summed E-state index contributed by atoms with van der Waals surface area (Å²) in [5, 5.41) is 4.90. The average molecular weight is 283 g/mol. The SMILES string of the molecule is CCC(C)C1CN(Cc2ccc3ncccc3c2)CCN1. The minimum absolute atomic E-state index is 0.630. The zero-order chi connectivity index (χ0) is 14.7. The predicted octanol–water partition coefficient (Wildman–Crippen LogP) is 3.05. The standard InChI is InChI=1S/C18H25N3/c1-3-14(2)18-13-21(10-9-20-18)12-15-6-7-17-16(11-15)5-4-8-19-17/h4-8,11,14,18,20H,3,9-10,12-13H2,1-2H3. The van der Waals surface area contributed by atoms with Gasteiger partial charge in [0.25, 0.3) is 0 Å². The number of nitrogens with zero attached hydrogens (tertiary/aromatic N) is 2. The van der Waals surface area contributed by atoms with Crippen molar-refractivity contribution in [2.75, 3.05) is 19.6 Å². The van der Waals surface area contributed by atoms with Crippen molar-refractivity contribution in [2.24, 2.45) is 5.92 Å². The predicted molar refractivity (Wildman–Crippen MR) is 88.3 cm³/mol. The molecule has 3 nitrogen and oxygen atoms in total. The number of hydrogen-bond donors (Lipinski definition) is 1. The number of benzene rings is 1. The van der Waals surface area contributed by atoms with Gasteiger partial charge in [-0.15, -0.1) is 0 Å². The number of nitrogens with one attached hydrogen (secondary N) is 1. The minimum Gasteiger partial charge on any atom is -0.311 e. The van der Waals surface area contributed by atoms with E-state index in [-0.39, 0.29) is 0 Å². The van der Waals surface area contributed by atoms with Crippen LogP contribution in [-0.4, -0.2) is 35.6 Å². The van der Waals surface area contributed by atoms with Gasteiger partial charge in [-0.3, -0.25) is 9.88 Å². The molecular weight excluding hydrogens is 258 g/mol. The van der Waals surface area contributed by atoms with Crippen LogP contribution in [0.5, 0.6) is 0 Å². The summed E-state index contributed by atoms with van der Waals surface area (Å²) < 4.78 is 0. The van der Waals surface area contributed by atoms with Gasteiger partial charge in [-0.2, -0.15) is 0 Å². The normalized spacial score (nSPS) is 21.5. The lowest BCUT2D eigenvalue weighted by Crippen LogP contribution is -2.52. The second kappa shape index (κ2) is 6.54. The van der Waals surface area contributed by atoms with Crippen LogP contribution < -0.4 is 5.32 Å². The van der Waals surface area contributed by atoms with E-state index in [1.54, 1.807) is 0 Å². The van der Waals surface area contributed by atoms with Crippen molar-refractivity contribution in [3.05, 3.63) is 42.1 Å². The topological polar surface area (TPSA) is 28.2 Å². The molecule has 1 aromatic heterocycles. The fraction of sp³-hybridized carbons (Fsp3) is 0.500. The van der Waals surface area contributed by atoms with E-state index < -0.39 is 0 Å². The Balaban J connectivity index is 1.69. The number of fused-ring (bicyclic) bond motifs is 1. The minimum atomic E-state index is 0.630. The fourth-order valence-corrected chi connectivity index (χ4v) is 3.13. The lowest BCUT2D eigenvalue weighted by molar-refractivity contribution is 0.162. The third-order valence-electron chi connectivity index (χ3n) is 4.69. The molecule has 3 rings (SSSR count). The van der Waals surface area contributed by atoms with Crippen LogP contribution in [0, 0.1) is 5.92 Å². The molecule has 0 saturated carbocycles. The van der Waals surface area contributed by atoms with Crippen LogP contribution in [0.25, 0.3) is 10.9 Å². The average Bonchev–Trinajstić information content (AvgIpc) is 2.54. The first kappa shape index (κ1) is 14.5. The Morgan fingerprint density at radius 3 is 3.14 bits per heavy atom. The number of pyridine rings is 1. The van der Waals surface area contributed by atoms with Crippen molar-refractivity contribution < 1.29 is 0 Å². The molecule has 112 valence electrons. The molecular formula is C18H25N3. The maximum atomic E-state index is 4.39. The lowest BCUT2D eigenvalue weighted by Gasteiger charge is -2.36. The van der Waals surface area contributed by atoms with Crippen molar-refractivity contribution in [3.63, 3.8) is 0 Å². The molecule has 1 fully saturated rings. The van der Waals surface area contributed by atoms with Gasteiger partial charge in [0.2, 0.25) is 0 Å². The van der Waals surface area contributed by atoms with Crippen LogP contribution in [0.4, 0.5) is 0 Å². The lowest BCUT2D eigenvalue weighted by atomic mass is 9.97. The zero-order valence-corrected chi connectivity index (χ0v) is 13.0. The molecule has 2 heterocycles. The molecule has 1 aliphatic heterocycles. The molecule has 1 aromatic carbocycles. The molecule has 0 amide bonds. The summed E-state index contributed by atoms with van der Waals surface area (Å²) in [5.74, 6) is 0.744. The highest BCUT2D eigenvalue weighted by atomic mass is 15.2. The zero-order valence-electron chi connectivity index (χ0n) is 13.0. The summed E-state index contributed by atoms with van der Waals surface area (Å²) in [4.78, 5) is 6.97. The van der Waals surface area contributed by atoms with Crippen LogP contribution in [0.15, 0.2) is 36.5 Å². The van der Waals surface area contributed by atoms with Crippen molar-refractivity contribution in [2.45, 2.75) is 32.9 Å². The van der Waals surface area contributed by atoms with Gasteiger partial charge in [-0.05, 0) is 29.7 Å². The Labute approximate surface area is 127 Å². The summed E-state index contributed by atoms with van der Waals surface area (Å²) in [6, 6.07) is 11.4. The van der Waals surface area contributed by atoms with Crippen LogP contribution in [0.1, 0.15) is 25.8 Å². The maximum Gasteiger partial charge on any atom is 0.0702 e. The van der Waals surface area contributed by atoms with Gasteiger partial charge in [-0.25, -0.2) is 0 Å². The highest BCUT2D eigenvalue weighted by Crippen LogP contribution is 2.17. The molecule has 21 heavy (non-hydrogen) atoms. The maximum absolute atomic E-state index is 4.39. The summed E-state index contributed by atoms with van der Waals surface area (Å²) in [6.07, 6.45) is 3.10. The van der Waals surface area contributed by atoms with Crippen molar-refractivity contribution >= 4 is 10.9 Å². The first-order valence-electron chi connectivity index (χ1n) is 8.05. The van der Waals surface area contributed by atoms with E-state index in [0.717, 1.165) is 37.6 Å². The second-order valence-corrected chi connectivity index (χ2v) is 6.21. The summed E-state index contributed by atoms with van der Waals surface area (Å²) in [6.45, 7) is 9.06. The van der Waals surface area contributed by atoms with E-state index in [0.29, 0.717) is 6.04 Å². The monoisotopic (exact) mass is 283 g/mol. The van der Waals surface area contributed by atoms with Gasteiger partial charge >= 0.3 is 0 Å². The summed E-state index contributed by atoms with van der Waals surface area (Å²) >= 11 is 0. The Hall–Kier alpha value is -1.45. The van der Waals surface area contributed by atoms with Crippen molar-refractivity contribution in [3.8, 4) is 0 Å². The molecule has 2 aromatic rings. The smallest absolute Gasteiger partial charge is 0.0702 e. The highest BCUT2D eigenvalue weighted by Gasteiger charge is 2.23. The van der Waals surface area contributed by atoms with Crippen LogP contribution in [0.3, 0.4) is 0 Å². The first-order valence-corrected chi connectivity index (χ1v) is 8.05. The fourth-order valence-electron chi connectivity index (χ4n) is 3.13. The third kappa shape index (κ3) is 3.42. The summed E-state index contributed by atoms with van der Waals surface area (Å²) in [5.41, 5.74) is 2.47. The Bertz CT molecular complexity index is 596. The molecule has 3 heteroatoms. The molecule has 0 bridgehead atoms. The molecule has 0 radical (unpaired) electrons. The molecule has 2 atom stereocenters. The van der Waals surface area contributed by atoms with E-state index in [9.17, 15) is 0 Å². The molecule has 0 aliphatic carbocycles. The Morgan fingerprint density at radius 1 is 1.38 bits per heavy atom. The highest BCUT2D eigenvalue weighted by molar-refractivity contribution is 5.78. The largest absolute Gasteiger partial charge is 0.311 e. The molecule has 1 saturated heterocycles. The van der Waals surface area contributed by atoms with E-state index in [4.69, 9.17) is 0 Å². The Morgan fingerprint density at radius 2 is 2.29 bits per heavy atom. The third-order valence-corrected chi connectivity index (χ3v) is 4.69. The van der Waals surface area contributed by atoms with Gasteiger partial charge in [0, 0.05) is 43.8 Å². The first-order chi connectivity index (χ1) is 10.3. The molecule has 1 N–H and O–H groups in total. The van der Waals surface area contributed by atoms with Crippen LogP contribution >= 0.6 is 0 Å². The van der Waals surface area contributed by atoms with Crippen molar-refractivity contribution in [1.82, 2.24) is 15.2 Å². The van der Waals surface area contributed by atoms with Gasteiger partial charge in [0.15, 0.2) is 0 Å². The van der Waals surface area contributed by atoms with E-state index in [1.807, 2.05) is 12.3 Å². The molecule has 1 aliphatic rings. The number of piperazine rings is 1. The van der Waals surface area contributed by atoms with E-state index in [2.05, 4.69) is 53.3 Å². The van der Waals surface area contributed by atoms with E-state index >= 15 is 0 Å². The van der Waals surface area contributed by atoms with Gasteiger partial charge in [0.1, 0.15) is 0 Å². The van der Waals surface area contributed by atoms with Gasteiger partial charge < -0.3 is 5.32 Å². The number of aromatic nitrogens is 1. The Kier molecular flexibility index (Phi) is 4.51. The van der Waals surface area contributed by atoms with Gasteiger partial charge in [0.05, 0.1) is 5.52 Å².